The van der Waals surface area contributed by atoms with E-state index in [0.29, 0.717) is 22.8 Å². The van der Waals surface area contributed by atoms with Crippen molar-refractivity contribution in [3.8, 4) is 40.5 Å². The summed E-state index contributed by atoms with van der Waals surface area (Å²) in [5.41, 5.74) is 5.24. The molecular formula is C15H10N4O4. The second-order valence-electron chi connectivity index (χ2n) is 4.62. The van der Waals surface area contributed by atoms with Gasteiger partial charge >= 0.3 is 0 Å². The highest BCUT2D eigenvalue weighted by Gasteiger charge is 2.25. The first-order chi connectivity index (χ1) is 11.1. The van der Waals surface area contributed by atoms with Gasteiger partial charge in [0.2, 0.25) is 6.79 Å². The number of anilines is 1. The van der Waals surface area contributed by atoms with Crippen LogP contribution in [0.5, 0.6) is 17.2 Å². The third kappa shape index (κ3) is 2.10. The third-order valence-corrected chi connectivity index (χ3v) is 3.43. The number of hydrogen-bond donors (Lipinski definition) is 2. The lowest BCUT2D eigenvalue weighted by molar-refractivity contribution is 0.174. The van der Waals surface area contributed by atoms with Crippen LogP contribution in [-0.4, -0.2) is 18.9 Å². The number of aromatic amines is 1. The first-order valence-corrected chi connectivity index (χ1v) is 6.44. The molecule has 8 heteroatoms. The van der Waals surface area contributed by atoms with Gasteiger partial charge in [-0.3, -0.25) is 4.79 Å². The third-order valence-electron chi connectivity index (χ3n) is 3.43. The van der Waals surface area contributed by atoms with Crippen molar-refractivity contribution in [1.82, 2.24) is 4.98 Å². The molecule has 0 saturated carbocycles. The van der Waals surface area contributed by atoms with Crippen LogP contribution in [0, 0.1) is 22.7 Å². The van der Waals surface area contributed by atoms with Crippen molar-refractivity contribution < 1.29 is 14.2 Å². The lowest BCUT2D eigenvalue weighted by atomic mass is 9.95. The highest BCUT2D eigenvalue weighted by molar-refractivity contribution is 5.85. The van der Waals surface area contributed by atoms with Gasteiger partial charge in [-0.05, 0) is 6.07 Å². The van der Waals surface area contributed by atoms with Gasteiger partial charge in [-0.15, -0.1) is 0 Å². The minimum atomic E-state index is -0.682. The van der Waals surface area contributed by atoms with Crippen LogP contribution in [-0.2, 0) is 0 Å². The molecule has 23 heavy (non-hydrogen) atoms. The molecule has 0 fully saturated rings. The summed E-state index contributed by atoms with van der Waals surface area (Å²) in [6.45, 7) is 0.0513. The molecule has 2 aromatic rings. The number of nitrogens with zero attached hydrogens (tertiary/aromatic N) is 2. The lowest BCUT2D eigenvalue weighted by Gasteiger charge is -2.13. The van der Waals surface area contributed by atoms with E-state index in [2.05, 4.69) is 4.98 Å². The molecule has 1 aliphatic rings. The monoisotopic (exact) mass is 310 g/mol. The molecule has 3 N–H and O–H groups in total. The van der Waals surface area contributed by atoms with E-state index in [1.807, 2.05) is 6.07 Å². The van der Waals surface area contributed by atoms with Gasteiger partial charge in [-0.2, -0.15) is 10.5 Å². The quantitative estimate of drug-likeness (QED) is 0.848. The van der Waals surface area contributed by atoms with Crippen molar-refractivity contribution in [3.63, 3.8) is 0 Å². The summed E-state index contributed by atoms with van der Waals surface area (Å²) < 4.78 is 15.9. The Morgan fingerprint density at radius 1 is 1.22 bits per heavy atom. The van der Waals surface area contributed by atoms with Gasteiger partial charge in [0.25, 0.3) is 5.56 Å². The number of nitriles is 2. The van der Waals surface area contributed by atoms with E-state index in [9.17, 15) is 15.3 Å². The summed E-state index contributed by atoms with van der Waals surface area (Å²) in [6.07, 6.45) is 0. The maximum atomic E-state index is 12.0. The average molecular weight is 310 g/mol. The van der Waals surface area contributed by atoms with Crippen molar-refractivity contribution in [2.75, 3.05) is 19.6 Å². The number of aromatic nitrogens is 1. The molecule has 0 spiro atoms. The molecule has 1 aromatic heterocycles. The fourth-order valence-corrected chi connectivity index (χ4v) is 2.40. The molecule has 0 saturated heterocycles. The number of nitrogens with one attached hydrogen (secondary N) is 1. The Kier molecular flexibility index (Phi) is 3.28. The van der Waals surface area contributed by atoms with E-state index >= 15 is 0 Å². The zero-order chi connectivity index (χ0) is 16.6. The van der Waals surface area contributed by atoms with Crippen molar-refractivity contribution >= 4 is 5.82 Å². The predicted molar refractivity (Wildman–Crippen MR) is 79.0 cm³/mol. The zero-order valence-electron chi connectivity index (χ0n) is 12.0. The van der Waals surface area contributed by atoms with Crippen LogP contribution in [0.25, 0.3) is 11.1 Å². The standard InChI is InChI=1S/C15H10N4O4/c1-21-10-3-12-11(22-6-23-12)2-7(10)13-8(4-16)14(18)19-15(20)9(13)5-17/h2-3H,6H2,1H3,(H3,18,19,20). The smallest absolute Gasteiger partial charge is 0.268 e. The summed E-state index contributed by atoms with van der Waals surface area (Å²) in [5, 5.41) is 18.7. The van der Waals surface area contributed by atoms with Crippen LogP contribution in [0.15, 0.2) is 16.9 Å². The van der Waals surface area contributed by atoms with Crippen LogP contribution in [0.3, 0.4) is 0 Å². The number of benzene rings is 1. The van der Waals surface area contributed by atoms with E-state index < -0.39 is 5.56 Å². The summed E-state index contributed by atoms with van der Waals surface area (Å²) in [5.74, 6) is 1.10. The summed E-state index contributed by atoms with van der Waals surface area (Å²) in [7, 11) is 1.43. The Bertz CT molecular complexity index is 950. The largest absolute Gasteiger partial charge is 0.496 e. The van der Waals surface area contributed by atoms with Gasteiger partial charge in [0.05, 0.1) is 7.11 Å². The Morgan fingerprint density at radius 2 is 1.87 bits per heavy atom. The van der Waals surface area contributed by atoms with E-state index in [1.165, 1.54) is 7.11 Å². The van der Waals surface area contributed by atoms with Gasteiger partial charge in [0.15, 0.2) is 11.5 Å². The molecule has 0 radical (unpaired) electrons. The molecule has 1 aromatic carbocycles. The number of H-pyrrole nitrogens is 1. The molecular weight excluding hydrogens is 300 g/mol. The van der Waals surface area contributed by atoms with Gasteiger partial charge in [-0.1, -0.05) is 0 Å². The van der Waals surface area contributed by atoms with E-state index in [-0.39, 0.29) is 29.3 Å². The van der Waals surface area contributed by atoms with Crippen LogP contribution < -0.4 is 25.5 Å². The second kappa shape index (κ2) is 5.28. The summed E-state index contributed by atoms with van der Waals surface area (Å²) in [4.78, 5) is 14.3. The highest BCUT2D eigenvalue weighted by atomic mass is 16.7. The number of rotatable bonds is 2. The van der Waals surface area contributed by atoms with Crippen molar-refractivity contribution in [3.05, 3.63) is 33.6 Å². The Balaban J connectivity index is 2.43. The zero-order valence-corrected chi connectivity index (χ0v) is 12.0. The number of ether oxygens (including phenoxy) is 3. The number of methoxy groups -OCH3 is 1. The molecule has 0 bridgehead atoms. The van der Waals surface area contributed by atoms with E-state index in [4.69, 9.17) is 19.9 Å². The van der Waals surface area contributed by atoms with E-state index in [0.717, 1.165) is 0 Å². The Labute approximate surface area is 130 Å². The average Bonchev–Trinajstić information content (AvgIpc) is 3.00. The fourth-order valence-electron chi connectivity index (χ4n) is 2.40. The van der Waals surface area contributed by atoms with Gasteiger partial charge in [-0.25, -0.2) is 0 Å². The van der Waals surface area contributed by atoms with E-state index in [1.54, 1.807) is 18.2 Å². The van der Waals surface area contributed by atoms with Gasteiger partial charge < -0.3 is 24.9 Å². The minimum Gasteiger partial charge on any atom is -0.496 e. The fraction of sp³-hybridized carbons (Fsp3) is 0.133. The molecule has 0 atom stereocenters. The Hall–Kier alpha value is -3.65. The predicted octanol–water partition coefficient (Wildman–Crippen LogP) is 1.10. The van der Waals surface area contributed by atoms with Crippen LogP contribution in [0.4, 0.5) is 5.82 Å². The molecule has 2 heterocycles. The minimum absolute atomic E-state index is 0.0154. The molecule has 3 rings (SSSR count). The maximum absolute atomic E-state index is 12.0. The maximum Gasteiger partial charge on any atom is 0.268 e. The summed E-state index contributed by atoms with van der Waals surface area (Å²) in [6, 6.07) is 6.83. The first kappa shape index (κ1) is 14.3. The SMILES string of the molecule is COc1cc2c(cc1-c1c(C#N)c(N)[nH]c(=O)c1C#N)OCO2. The molecule has 0 aliphatic carbocycles. The number of nitrogens with two attached hydrogens (primary N) is 1. The van der Waals surface area contributed by atoms with Gasteiger partial charge in [0.1, 0.15) is 34.8 Å². The lowest BCUT2D eigenvalue weighted by Crippen LogP contribution is -2.16. The van der Waals surface area contributed by atoms with Crippen LogP contribution >= 0.6 is 0 Å². The van der Waals surface area contributed by atoms with Gasteiger partial charge in [0, 0.05) is 17.2 Å². The second-order valence-corrected chi connectivity index (χ2v) is 4.62. The summed E-state index contributed by atoms with van der Waals surface area (Å²) >= 11 is 0. The number of hydrogen-bond acceptors (Lipinski definition) is 7. The van der Waals surface area contributed by atoms with Crippen molar-refractivity contribution in [2.24, 2.45) is 0 Å². The van der Waals surface area contributed by atoms with Crippen LogP contribution in [0.1, 0.15) is 11.1 Å². The molecule has 0 unspecified atom stereocenters. The topological polar surface area (TPSA) is 134 Å². The number of pyridine rings is 1. The van der Waals surface area contributed by atoms with Crippen LogP contribution in [0.2, 0.25) is 0 Å². The first-order valence-electron chi connectivity index (χ1n) is 6.44. The van der Waals surface area contributed by atoms with Crippen molar-refractivity contribution in [2.45, 2.75) is 0 Å². The molecule has 114 valence electrons. The molecule has 8 nitrogen and oxygen atoms in total. The van der Waals surface area contributed by atoms with Crippen molar-refractivity contribution in [1.29, 1.82) is 10.5 Å². The Morgan fingerprint density at radius 3 is 2.48 bits per heavy atom. The normalized spacial score (nSPS) is 11.6. The number of nitrogen functional groups attached to an aromatic ring is 1. The molecule has 1 aliphatic heterocycles. The highest BCUT2D eigenvalue weighted by Crippen LogP contribution is 2.44. The number of fused-ring (bicyclic) bond motifs is 1. The molecule has 0 amide bonds.